The van der Waals surface area contributed by atoms with Gasteiger partial charge in [-0.2, -0.15) is 0 Å². The van der Waals surface area contributed by atoms with Gasteiger partial charge in [-0.3, -0.25) is 9.10 Å². The zero-order chi connectivity index (χ0) is 22.3. The van der Waals surface area contributed by atoms with Gasteiger partial charge in [0.25, 0.3) is 0 Å². The molecule has 0 aliphatic carbocycles. The number of anilines is 1. The summed E-state index contributed by atoms with van der Waals surface area (Å²) in [6.07, 6.45) is 1.71. The van der Waals surface area contributed by atoms with Gasteiger partial charge in [0, 0.05) is 12.0 Å². The summed E-state index contributed by atoms with van der Waals surface area (Å²) < 4.78 is 32.1. The molecule has 1 heterocycles. The van der Waals surface area contributed by atoms with Gasteiger partial charge in [0.15, 0.2) is 0 Å². The normalized spacial score (nSPS) is 17.6. The largest absolute Gasteiger partial charge is 0.487 e. The van der Waals surface area contributed by atoms with E-state index in [4.69, 9.17) is 4.74 Å². The van der Waals surface area contributed by atoms with Gasteiger partial charge in [-0.25, -0.2) is 8.42 Å². The molecular weight excluding hydrogens is 400 g/mol. The van der Waals surface area contributed by atoms with E-state index in [-0.39, 0.29) is 18.5 Å². The quantitative estimate of drug-likeness (QED) is 0.783. The fraction of sp³-hybridized carbons (Fsp3) is 0.435. The van der Waals surface area contributed by atoms with Crippen molar-refractivity contribution in [3.8, 4) is 5.75 Å². The van der Waals surface area contributed by atoms with Crippen molar-refractivity contribution in [1.29, 1.82) is 0 Å². The molecule has 1 N–H and O–H groups in total. The van der Waals surface area contributed by atoms with Gasteiger partial charge in [-0.05, 0) is 69.5 Å². The lowest BCUT2D eigenvalue weighted by Gasteiger charge is -2.38. The van der Waals surface area contributed by atoms with Crippen LogP contribution in [0, 0.1) is 20.8 Å². The first-order valence-corrected chi connectivity index (χ1v) is 11.8. The summed E-state index contributed by atoms with van der Waals surface area (Å²) in [5.74, 6) is 0.402. The maximum absolute atomic E-state index is 12.9. The van der Waals surface area contributed by atoms with Gasteiger partial charge >= 0.3 is 0 Å². The van der Waals surface area contributed by atoms with Crippen LogP contribution in [-0.4, -0.2) is 32.7 Å². The number of ether oxygens (including phenoxy) is 1. The average molecular weight is 431 g/mol. The van der Waals surface area contributed by atoms with Gasteiger partial charge in [0.1, 0.15) is 17.9 Å². The molecule has 1 aliphatic heterocycles. The fourth-order valence-electron chi connectivity index (χ4n) is 3.95. The molecule has 1 aliphatic rings. The van der Waals surface area contributed by atoms with Gasteiger partial charge < -0.3 is 10.1 Å². The molecule has 0 spiro atoms. The maximum Gasteiger partial charge on any atom is 0.241 e. The Kier molecular flexibility index (Phi) is 5.87. The molecule has 0 saturated heterocycles. The van der Waals surface area contributed by atoms with E-state index in [0.717, 1.165) is 38.6 Å². The van der Waals surface area contributed by atoms with Crippen LogP contribution in [0.25, 0.3) is 0 Å². The number of aryl methyl sites for hydroxylation is 3. The first kappa shape index (κ1) is 22.2. The van der Waals surface area contributed by atoms with Crippen LogP contribution in [0.15, 0.2) is 36.4 Å². The molecule has 0 radical (unpaired) electrons. The van der Waals surface area contributed by atoms with E-state index >= 15 is 0 Å². The van der Waals surface area contributed by atoms with Crippen molar-refractivity contribution in [1.82, 2.24) is 5.32 Å². The van der Waals surface area contributed by atoms with Crippen molar-refractivity contribution in [3.63, 3.8) is 0 Å². The van der Waals surface area contributed by atoms with Crippen molar-refractivity contribution in [2.75, 3.05) is 17.1 Å². The number of sulfonamides is 1. The van der Waals surface area contributed by atoms with Crippen molar-refractivity contribution >= 4 is 21.6 Å². The lowest BCUT2D eigenvalue weighted by Crippen LogP contribution is -2.45. The van der Waals surface area contributed by atoms with Crippen molar-refractivity contribution in [3.05, 3.63) is 58.7 Å². The maximum atomic E-state index is 12.9. The summed E-state index contributed by atoms with van der Waals surface area (Å²) in [5.41, 5.74) is 3.92. The summed E-state index contributed by atoms with van der Waals surface area (Å²) in [5, 5.41) is 3.03. The topological polar surface area (TPSA) is 75.7 Å². The van der Waals surface area contributed by atoms with E-state index in [0.29, 0.717) is 12.1 Å². The van der Waals surface area contributed by atoms with Crippen LogP contribution in [-0.2, 0) is 14.8 Å². The molecule has 2 aromatic carbocycles. The van der Waals surface area contributed by atoms with E-state index in [1.54, 1.807) is 12.1 Å². The Bertz CT molecular complexity index is 1060. The molecule has 30 heavy (non-hydrogen) atoms. The standard InChI is InChI=1S/C23H30N2O4S/c1-15-7-8-19-20(13-23(4,5)29-21(19)12-15)24-22(26)14-25(30(6,27)28)18-10-16(2)9-17(3)11-18/h7-12,20H,13-14H2,1-6H3,(H,24,26)/t20-/m1/s1. The van der Waals surface area contributed by atoms with Crippen LogP contribution in [0.4, 0.5) is 5.69 Å². The number of rotatable bonds is 5. The SMILES string of the molecule is Cc1cc(C)cc(N(CC(=O)N[C@@H]2CC(C)(C)Oc3cc(C)ccc32)S(C)(=O)=O)c1. The number of hydrogen-bond acceptors (Lipinski definition) is 4. The molecule has 0 saturated carbocycles. The van der Waals surface area contributed by atoms with Gasteiger partial charge in [-0.1, -0.05) is 18.2 Å². The van der Waals surface area contributed by atoms with Crippen LogP contribution < -0.4 is 14.4 Å². The van der Waals surface area contributed by atoms with E-state index in [9.17, 15) is 13.2 Å². The lowest BCUT2D eigenvalue weighted by molar-refractivity contribution is -0.120. The Hall–Kier alpha value is -2.54. The molecule has 0 unspecified atom stereocenters. The van der Waals surface area contributed by atoms with Gasteiger partial charge in [0.2, 0.25) is 15.9 Å². The monoisotopic (exact) mass is 430 g/mol. The summed E-state index contributed by atoms with van der Waals surface area (Å²) in [6.45, 7) is 9.49. The van der Waals surface area contributed by atoms with E-state index in [1.165, 1.54) is 0 Å². The van der Waals surface area contributed by atoms with E-state index in [2.05, 4.69) is 5.32 Å². The molecule has 162 valence electrons. The number of benzene rings is 2. The van der Waals surface area contributed by atoms with Gasteiger partial charge in [0.05, 0.1) is 18.0 Å². The zero-order valence-corrected chi connectivity index (χ0v) is 19.3. The van der Waals surface area contributed by atoms with Crippen molar-refractivity contribution in [2.24, 2.45) is 0 Å². The summed E-state index contributed by atoms with van der Waals surface area (Å²) in [4.78, 5) is 12.9. The second-order valence-corrected chi connectivity index (χ2v) is 10.7. The molecule has 6 nitrogen and oxygen atoms in total. The third-order valence-electron chi connectivity index (χ3n) is 5.14. The van der Waals surface area contributed by atoms with Crippen LogP contribution >= 0.6 is 0 Å². The highest BCUT2D eigenvalue weighted by Crippen LogP contribution is 2.39. The highest BCUT2D eigenvalue weighted by molar-refractivity contribution is 7.92. The molecule has 0 bridgehead atoms. The highest BCUT2D eigenvalue weighted by atomic mass is 32.2. The third-order valence-corrected chi connectivity index (χ3v) is 6.28. The lowest BCUT2D eigenvalue weighted by atomic mass is 9.89. The first-order chi connectivity index (χ1) is 13.8. The number of amides is 1. The number of fused-ring (bicyclic) bond motifs is 1. The van der Waals surface area contributed by atoms with Crippen LogP contribution in [0.1, 0.15) is 48.6 Å². The number of hydrogen-bond donors (Lipinski definition) is 1. The Labute approximate surface area is 179 Å². The molecule has 2 aromatic rings. The Morgan fingerprint density at radius 1 is 1.10 bits per heavy atom. The second kappa shape index (κ2) is 7.95. The minimum absolute atomic E-state index is 0.252. The Morgan fingerprint density at radius 3 is 2.33 bits per heavy atom. The summed E-state index contributed by atoms with van der Waals surface area (Å²) in [7, 11) is -3.63. The molecular formula is C23H30N2O4S. The molecule has 7 heteroatoms. The zero-order valence-electron chi connectivity index (χ0n) is 18.4. The first-order valence-electron chi connectivity index (χ1n) is 9.99. The minimum Gasteiger partial charge on any atom is -0.487 e. The predicted molar refractivity (Wildman–Crippen MR) is 119 cm³/mol. The molecule has 0 fully saturated rings. The predicted octanol–water partition coefficient (Wildman–Crippen LogP) is 3.80. The Balaban J connectivity index is 1.86. The molecule has 3 rings (SSSR count). The number of carbonyl (C=O) groups is 1. The number of nitrogens with one attached hydrogen (secondary N) is 1. The molecule has 0 aromatic heterocycles. The molecule has 1 atom stereocenters. The minimum atomic E-state index is -3.63. The van der Waals surface area contributed by atoms with Gasteiger partial charge in [-0.15, -0.1) is 0 Å². The van der Waals surface area contributed by atoms with E-state index < -0.39 is 15.6 Å². The Morgan fingerprint density at radius 2 is 1.73 bits per heavy atom. The van der Waals surface area contributed by atoms with Crippen molar-refractivity contribution < 1.29 is 17.9 Å². The number of nitrogens with zero attached hydrogens (tertiary/aromatic N) is 1. The second-order valence-electron chi connectivity index (χ2n) is 8.84. The average Bonchev–Trinajstić information content (AvgIpc) is 2.56. The fourth-order valence-corrected chi connectivity index (χ4v) is 4.79. The summed E-state index contributed by atoms with van der Waals surface area (Å²) in [6, 6.07) is 11.2. The van der Waals surface area contributed by atoms with Crippen LogP contribution in [0.5, 0.6) is 5.75 Å². The number of carbonyl (C=O) groups excluding carboxylic acids is 1. The van der Waals surface area contributed by atoms with E-state index in [1.807, 2.05) is 58.9 Å². The van der Waals surface area contributed by atoms with Crippen LogP contribution in [0.2, 0.25) is 0 Å². The summed E-state index contributed by atoms with van der Waals surface area (Å²) >= 11 is 0. The smallest absolute Gasteiger partial charge is 0.241 e. The highest BCUT2D eigenvalue weighted by Gasteiger charge is 2.35. The van der Waals surface area contributed by atoms with Crippen LogP contribution in [0.3, 0.4) is 0 Å². The molecule has 1 amide bonds. The third kappa shape index (κ3) is 5.14. The van der Waals surface area contributed by atoms with Crippen molar-refractivity contribution in [2.45, 2.75) is 52.7 Å².